The SMILES string of the molecule is N#Cc1nc(N2CCN(Cc3ccccc3)CC2)ccc1Cl. The molecule has 0 unspecified atom stereocenters. The summed E-state index contributed by atoms with van der Waals surface area (Å²) in [6.07, 6.45) is 0. The van der Waals surface area contributed by atoms with Crippen LogP contribution in [0.3, 0.4) is 0 Å². The van der Waals surface area contributed by atoms with E-state index >= 15 is 0 Å². The van der Waals surface area contributed by atoms with Crippen LogP contribution in [0.4, 0.5) is 5.82 Å². The van der Waals surface area contributed by atoms with Gasteiger partial charge in [-0.1, -0.05) is 41.9 Å². The van der Waals surface area contributed by atoms with Gasteiger partial charge >= 0.3 is 0 Å². The zero-order valence-corrected chi connectivity index (χ0v) is 13.0. The quantitative estimate of drug-likeness (QED) is 0.874. The maximum absolute atomic E-state index is 9.02. The van der Waals surface area contributed by atoms with Gasteiger partial charge in [0.1, 0.15) is 11.9 Å². The molecular weight excluding hydrogens is 296 g/mol. The Labute approximate surface area is 135 Å². The first-order chi connectivity index (χ1) is 10.8. The summed E-state index contributed by atoms with van der Waals surface area (Å²) in [4.78, 5) is 8.98. The molecule has 2 aromatic rings. The molecule has 1 aliphatic heterocycles. The van der Waals surface area contributed by atoms with E-state index in [0.717, 1.165) is 38.5 Å². The summed E-state index contributed by atoms with van der Waals surface area (Å²) in [5.41, 5.74) is 1.64. The highest BCUT2D eigenvalue weighted by molar-refractivity contribution is 6.31. The summed E-state index contributed by atoms with van der Waals surface area (Å²) >= 11 is 5.94. The smallest absolute Gasteiger partial charge is 0.161 e. The number of nitriles is 1. The fourth-order valence-corrected chi connectivity index (χ4v) is 2.81. The number of benzene rings is 1. The fraction of sp³-hybridized carbons (Fsp3) is 0.294. The molecule has 112 valence electrons. The average Bonchev–Trinajstić information content (AvgIpc) is 2.57. The van der Waals surface area contributed by atoms with Crippen molar-refractivity contribution in [1.82, 2.24) is 9.88 Å². The van der Waals surface area contributed by atoms with Crippen LogP contribution < -0.4 is 4.90 Å². The summed E-state index contributed by atoms with van der Waals surface area (Å²) in [6.45, 7) is 4.77. The Bertz CT molecular complexity index is 673. The van der Waals surface area contributed by atoms with Gasteiger partial charge < -0.3 is 4.90 Å². The molecule has 0 N–H and O–H groups in total. The largest absolute Gasteiger partial charge is 0.354 e. The number of aromatic nitrogens is 1. The van der Waals surface area contributed by atoms with Crippen LogP contribution in [-0.4, -0.2) is 36.1 Å². The van der Waals surface area contributed by atoms with Gasteiger partial charge in [0.05, 0.1) is 5.02 Å². The lowest BCUT2D eigenvalue weighted by Gasteiger charge is -2.35. The Kier molecular flexibility index (Phi) is 4.57. The molecule has 4 nitrogen and oxygen atoms in total. The highest BCUT2D eigenvalue weighted by Gasteiger charge is 2.18. The molecule has 1 aliphatic rings. The van der Waals surface area contributed by atoms with Gasteiger partial charge in [-0.25, -0.2) is 4.98 Å². The second-order valence-corrected chi connectivity index (χ2v) is 5.77. The van der Waals surface area contributed by atoms with Crippen molar-refractivity contribution in [2.45, 2.75) is 6.54 Å². The van der Waals surface area contributed by atoms with E-state index < -0.39 is 0 Å². The second kappa shape index (κ2) is 6.78. The van der Waals surface area contributed by atoms with Crippen LogP contribution in [0.1, 0.15) is 11.3 Å². The van der Waals surface area contributed by atoms with Crippen molar-refractivity contribution >= 4 is 17.4 Å². The third kappa shape index (κ3) is 3.38. The number of hydrogen-bond donors (Lipinski definition) is 0. The van der Waals surface area contributed by atoms with Gasteiger partial charge in [0.15, 0.2) is 5.69 Å². The Balaban J connectivity index is 1.61. The minimum atomic E-state index is 0.297. The van der Waals surface area contributed by atoms with Gasteiger partial charge in [0.25, 0.3) is 0 Å². The Hall–Kier alpha value is -2.09. The molecular formula is C17H17ClN4. The van der Waals surface area contributed by atoms with E-state index in [-0.39, 0.29) is 0 Å². The maximum Gasteiger partial charge on any atom is 0.161 e. The number of pyridine rings is 1. The first-order valence-electron chi connectivity index (χ1n) is 7.34. The third-order valence-corrected chi connectivity index (χ3v) is 4.19. The lowest BCUT2D eigenvalue weighted by Crippen LogP contribution is -2.46. The molecule has 2 heterocycles. The molecule has 22 heavy (non-hydrogen) atoms. The molecule has 1 saturated heterocycles. The first kappa shape index (κ1) is 14.8. The number of piperazine rings is 1. The number of rotatable bonds is 3. The first-order valence-corrected chi connectivity index (χ1v) is 7.72. The van der Waals surface area contributed by atoms with E-state index in [1.54, 1.807) is 6.07 Å². The predicted octanol–water partition coefficient (Wildman–Crippen LogP) is 2.93. The van der Waals surface area contributed by atoms with Gasteiger partial charge in [-0.2, -0.15) is 5.26 Å². The van der Waals surface area contributed by atoms with Gasteiger partial charge in [0, 0.05) is 32.7 Å². The third-order valence-electron chi connectivity index (χ3n) is 3.88. The van der Waals surface area contributed by atoms with E-state index in [0.29, 0.717) is 10.7 Å². The molecule has 0 spiro atoms. The van der Waals surface area contributed by atoms with E-state index in [1.807, 2.05) is 18.2 Å². The topological polar surface area (TPSA) is 43.2 Å². The average molecular weight is 313 g/mol. The highest BCUT2D eigenvalue weighted by Crippen LogP contribution is 2.20. The molecule has 1 aromatic carbocycles. The minimum absolute atomic E-state index is 0.297. The summed E-state index contributed by atoms with van der Waals surface area (Å²) in [5, 5.41) is 9.43. The molecule has 5 heteroatoms. The molecule has 1 aromatic heterocycles. The zero-order valence-electron chi connectivity index (χ0n) is 12.2. The Morgan fingerprint density at radius 1 is 1.05 bits per heavy atom. The zero-order chi connectivity index (χ0) is 15.4. The summed E-state index contributed by atoms with van der Waals surface area (Å²) in [6, 6.07) is 16.2. The maximum atomic E-state index is 9.02. The van der Waals surface area contributed by atoms with Gasteiger partial charge in [0.2, 0.25) is 0 Å². The van der Waals surface area contributed by atoms with Crippen molar-refractivity contribution < 1.29 is 0 Å². The van der Waals surface area contributed by atoms with Crippen LogP contribution in [0, 0.1) is 11.3 Å². The van der Waals surface area contributed by atoms with Crippen LogP contribution in [0.5, 0.6) is 0 Å². The van der Waals surface area contributed by atoms with Gasteiger partial charge in [-0.15, -0.1) is 0 Å². The van der Waals surface area contributed by atoms with Crippen molar-refractivity contribution in [3.8, 4) is 6.07 Å². The molecule has 0 aliphatic carbocycles. The summed E-state index contributed by atoms with van der Waals surface area (Å²) in [7, 11) is 0. The number of anilines is 1. The molecule has 0 bridgehead atoms. The van der Waals surface area contributed by atoms with Gasteiger partial charge in [-0.05, 0) is 17.7 Å². The summed E-state index contributed by atoms with van der Waals surface area (Å²) < 4.78 is 0. The van der Waals surface area contributed by atoms with Crippen molar-refractivity contribution in [3.05, 3.63) is 58.7 Å². The van der Waals surface area contributed by atoms with Crippen LogP contribution in [-0.2, 0) is 6.54 Å². The van der Waals surface area contributed by atoms with Crippen molar-refractivity contribution in [3.63, 3.8) is 0 Å². The molecule has 1 fully saturated rings. The standard InChI is InChI=1S/C17H17ClN4/c18-15-6-7-17(20-16(15)12-19)22-10-8-21(9-11-22)13-14-4-2-1-3-5-14/h1-7H,8-11,13H2. The van der Waals surface area contributed by atoms with Crippen LogP contribution in [0.2, 0.25) is 5.02 Å². The van der Waals surface area contributed by atoms with Crippen LogP contribution in [0.25, 0.3) is 0 Å². The van der Waals surface area contributed by atoms with Crippen LogP contribution >= 0.6 is 11.6 Å². The lowest BCUT2D eigenvalue weighted by atomic mass is 10.2. The Morgan fingerprint density at radius 2 is 1.77 bits per heavy atom. The molecule has 0 amide bonds. The van der Waals surface area contributed by atoms with E-state index in [2.05, 4.69) is 39.0 Å². The lowest BCUT2D eigenvalue weighted by molar-refractivity contribution is 0.249. The second-order valence-electron chi connectivity index (χ2n) is 5.36. The minimum Gasteiger partial charge on any atom is -0.354 e. The molecule has 0 saturated carbocycles. The highest BCUT2D eigenvalue weighted by atomic mass is 35.5. The predicted molar refractivity (Wildman–Crippen MR) is 87.9 cm³/mol. The van der Waals surface area contributed by atoms with E-state index in [1.165, 1.54) is 5.56 Å². The Morgan fingerprint density at radius 3 is 2.45 bits per heavy atom. The number of nitrogens with zero attached hydrogens (tertiary/aromatic N) is 4. The number of halogens is 1. The summed E-state index contributed by atoms with van der Waals surface area (Å²) in [5.74, 6) is 0.834. The molecule has 3 rings (SSSR count). The normalized spacial score (nSPS) is 15.5. The monoisotopic (exact) mass is 312 g/mol. The molecule has 0 radical (unpaired) electrons. The molecule has 0 atom stereocenters. The van der Waals surface area contributed by atoms with Crippen LogP contribution in [0.15, 0.2) is 42.5 Å². The van der Waals surface area contributed by atoms with Crippen molar-refractivity contribution in [2.75, 3.05) is 31.1 Å². The van der Waals surface area contributed by atoms with E-state index in [4.69, 9.17) is 16.9 Å². The van der Waals surface area contributed by atoms with Gasteiger partial charge in [-0.3, -0.25) is 4.90 Å². The van der Waals surface area contributed by atoms with Crippen molar-refractivity contribution in [1.29, 1.82) is 5.26 Å². The van der Waals surface area contributed by atoms with Crippen molar-refractivity contribution in [2.24, 2.45) is 0 Å². The fourth-order valence-electron chi connectivity index (χ4n) is 2.66. The number of hydrogen-bond acceptors (Lipinski definition) is 4. The van der Waals surface area contributed by atoms with E-state index in [9.17, 15) is 0 Å².